The fourth-order valence-electron chi connectivity index (χ4n) is 3.18. The Balaban J connectivity index is 1.67. The summed E-state index contributed by atoms with van der Waals surface area (Å²) in [5.74, 6) is -1.59. The first-order valence-corrected chi connectivity index (χ1v) is 8.15. The standard InChI is InChI=1S/C19H20FN3O2/c1-23(15-8-6-12-4-2-3-5-13(12)10-15)19(25)22-14-7-9-16(18(21)24)17(20)11-14/h2-5,7,9,11,15H,6,8,10H2,1H3,(H2,21,24)(H,22,25)/t15-/m1/s1. The Labute approximate surface area is 145 Å². The molecule has 2 aromatic carbocycles. The normalized spacial score (nSPS) is 16.0. The quantitative estimate of drug-likeness (QED) is 0.900. The van der Waals surface area contributed by atoms with E-state index in [9.17, 15) is 14.0 Å². The number of carbonyl (C=O) groups is 2. The summed E-state index contributed by atoms with van der Waals surface area (Å²) in [7, 11) is 1.74. The van der Waals surface area contributed by atoms with Gasteiger partial charge in [0.1, 0.15) is 5.82 Å². The highest BCUT2D eigenvalue weighted by Crippen LogP contribution is 2.24. The smallest absolute Gasteiger partial charge is 0.321 e. The Bertz CT molecular complexity index is 822. The number of fused-ring (bicyclic) bond motifs is 1. The zero-order valence-electron chi connectivity index (χ0n) is 14.0. The summed E-state index contributed by atoms with van der Waals surface area (Å²) in [6.07, 6.45) is 2.62. The summed E-state index contributed by atoms with van der Waals surface area (Å²) in [4.78, 5) is 25.2. The van der Waals surface area contributed by atoms with E-state index in [0.717, 1.165) is 25.3 Å². The van der Waals surface area contributed by atoms with Gasteiger partial charge in [0.2, 0.25) is 0 Å². The van der Waals surface area contributed by atoms with Crippen molar-refractivity contribution in [2.75, 3.05) is 12.4 Å². The molecule has 0 spiro atoms. The monoisotopic (exact) mass is 341 g/mol. The molecular formula is C19H20FN3O2. The van der Waals surface area contributed by atoms with Crippen LogP contribution in [0.4, 0.5) is 14.9 Å². The highest BCUT2D eigenvalue weighted by atomic mass is 19.1. The lowest BCUT2D eigenvalue weighted by atomic mass is 9.88. The lowest BCUT2D eigenvalue weighted by Gasteiger charge is -2.32. The van der Waals surface area contributed by atoms with Gasteiger partial charge in [-0.05, 0) is 48.6 Å². The van der Waals surface area contributed by atoms with Gasteiger partial charge in [-0.15, -0.1) is 0 Å². The van der Waals surface area contributed by atoms with Crippen molar-refractivity contribution < 1.29 is 14.0 Å². The van der Waals surface area contributed by atoms with E-state index >= 15 is 0 Å². The first-order chi connectivity index (χ1) is 12.0. The van der Waals surface area contributed by atoms with Crippen LogP contribution in [0, 0.1) is 5.82 Å². The van der Waals surface area contributed by atoms with Gasteiger partial charge in [0.25, 0.3) is 5.91 Å². The van der Waals surface area contributed by atoms with Crippen molar-refractivity contribution in [3.05, 3.63) is 65.0 Å². The summed E-state index contributed by atoms with van der Waals surface area (Å²) >= 11 is 0. The molecular weight excluding hydrogens is 321 g/mol. The van der Waals surface area contributed by atoms with Crippen LogP contribution >= 0.6 is 0 Å². The molecule has 0 saturated heterocycles. The minimum atomic E-state index is -0.839. The number of primary amides is 1. The van der Waals surface area contributed by atoms with Crippen LogP contribution in [0.3, 0.4) is 0 Å². The zero-order valence-corrected chi connectivity index (χ0v) is 14.0. The number of benzene rings is 2. The lowest BCUT2D eigenvalue weighted by molar-refractivity contribution is 0.0996. The number of aryl methyl sites for hydroxylation is 1. The molecule has 3 rings (SSSR count). The Kier molecular flexibility index (Phi) is 4.70. The molecule has 1 aliphatic rings. The van der Waals surface area contributed by atoms with E-state index < -0.39 is 11.7 Å². The number of likely N-dealkylation sites (N-methyl/N-ethyl adjacent to an activating group) is 1. The van der Waals surface area contributed by atoms with Crippen LogP contribution in [0.2, 0.25) is 0 Å². The Morgan fingerprint density at radius 3 is 2.60 bits per heavy atom. The third-order valence-corrected chi connectivity index (χ3v) is 4.67. The van der Waals surface area contributed by atoms with Crippen LogP contribution in [0.5, 0.6) is 0 Å². The van der Waals surface area contributed by atoms with Crippen LogP contribution in [0.1, 0.15) is 27.9 Å². The van der Waals surface area contributed by atoms with Gasteiger partial charge in [-0.2, -0.15) is 0 Å². The van der Waals surface area contributed by atoms with Gasteiger partial charge in [-0.1, -0.05) is 24.3 Å². The second-order valence-corrected chi connectivity index (χ2v) is 6.27. The highest BCUT2D eigenvalue weighted by Gasteiger charge is 2.25. The second-order valence-electron chi connectivity index (χ2n) is 6.27. The molecule has 0 fully saturated rings. The molecule has 2 aromatic rings. The van der Waals surface area contributed by atoms with Gasteiger partial charge in [-0.3, -0.25) is 4.79 Å². The number of rotatable bonds is 3. The predicted octanol–water partition coefficient (Wildman–Crippen LogP) is 2.95. The first kappa shape index (κ1) is 17.0. The molecule has 1 aliphatic carbocycles. The van der Waals surface area contributed by atoms with Gasteiger partial charge in [0.15, 0.2) is 0 Å². The first-order valence-electron chi connectivity index (χ1n) is 8.15. The van der Waals surface area contributed by atoms with E-state index in [1.807, 2.05) is 12.1 Å². The Morgan fingerprint density at radius 1 is 1.20 bits per heavy atom. The molecule has 3 amide bonds. The van der Waals surface area contributed by atoms with Crippen LogP contribution in [-0.2, 0) is 12.8 Å². The highest BCUT2D eigenvalue weighted by molar-refractivity contribution is 5.94. The van der Waals surface area contributed by atoms with Gasteiger partial charge in [0, 0.05) is 18.8 Å². The summed E-state index contributed by atoms with van der Waals surface area (Å²) in [5, 5.41) is 2.66. The number of nitrogens with two attached hydrogens (primary N) is 1. The van der Waals surface area contributed by atoms with E-state index in [4.69, 9.17) is 5.73 Å². The summed E-state index contributed by atoms with van der Waals surface area (Å²) in [6, 6.07) is 11.8. The summed E-state index contributed by atoms with van der Waals surface area (Å²) in [5.41, 5.74) is 7.75. The van der Waals surface area contributed by atoms with Crippen LogP contribution in [-0.4, -0.2) is 29.9 Å². The van der Waals surface area contributed by atoms with Crippen molar-refractivity contribution in [1.82, 2.24) is 4.90 Å². The molecule has 0 unspecified atom stereocenters. The maximum absolute atomic E-state index is 13.8. The number of nitrogens with zero attached hydrogens (tertiary/aromatic N) is 1. The van der Waals surface area contributed by atoms with Gasteiger partial charge in [-0.25, -0.2) is 9.18 Å². The Hall–Kier alpha value is -2.89. The van der Waals surface area contributed by atoms with Crippen molar-refractivity contribution in [2.45, 2.75) is 25.3 Å². The number of hydrogen-bond acceptors (Lipinski definition) is 2. The number of halogens is 1. The average molecular weight is 341 g/mol. The molecule has 25 heavy (non-hydrogen) atoms. The van der Waals surface area contributed by atoms with E-state index in [-0.39, 0.29) is 23.3 Å². The number of carbonyl (C=O) groups excluding carboxylic acids is 2. The lowest BCUT2D eigenvalue weighted by Crippen LogP contribution is -2.42. The fourth-order valence-corrected chi connectivity index (χ4v) is 3.18. The van der Waals surface area contributed by atoms with E-state index in [2.05, 4.69) is 17.4 Å². The van der Waals surface area contributed by atoms with Gasteiger partial charge in [0.05, 0.1) is 5.56 Å². The molecule has 5 nitrogen and oxygen atoms in total. The second kappa shape index (κ2) is 6.93. The molecule has 130 valence electrons. The van der Waals surface area contributed by atoms with E-state index in [1.54, 1.807) is 11.9 Å². The molecule has 3 N–H and O–H groups in total. The average Bonchev–Trinajstić information content (AvgIpc) is 2.60. The van der Waals surface area contributed by atoms with Crippen LogP contribution in [0.25, 0.3) is 0 Å². The molecule has 0 bridgehead atoms. The third-order valence-electron chi connectivity index (χ3n) is 4.67. The van der Waals surface area contributed by atoms with E-state index in [0.29, 0.717) is 0 Å². The maximum Gasteiger partial charge on any atom is 0.321 e. The van der Waals surface area contributed by atoms with Crippen molar-refractivity contribution in [2.24, 2.45) is 5.73 Å². The number of anilines is 1. The number of amides is 3. The zero-order chi connectivity index (χ0) is 18.0. The maximum atomic E-state index is 13.8. The summed E-state index contributed by atoms with van der Waals surface area (Å²) < 4.78 is 13.8. The number of hydrogen-bond donors (Lipinski definition) is 2. The van der Waals surface area contributed by atoms with E-state index in [1.165, 1.54) is 23.3 Å². The minimum Gasteiger partial charge on any atom is -0.366 e. The van der Waals surface area contributed by atoms with Gasteiger partial charge < -0.3 is 16.0 Å². The molecule has 0 radical (unpaired) electrons. The largest absolute Gasteiger partial charge is 0.366 e. The predicted molar refractivity (Wildman–Crippen MR) is 94.0 cm³/mol. The third kappa shape index (κ3) is 3.63. The molecule has 1 atom stereocenters. The molecule has 6 heteroatoms. The SMILES string of the molecule is CN(C(=O)Nc1ccc(C(N)=O)c(F)c1)[C@@H]1CCc2ccccc2C1. The Morgan fingerprint density at radius 2 is 1.92 bits per heavy atom. The molecule has 0 saturated carbocycles. The van der Waals surface area contributed by atoms with Crippen molar-refractivity contribution in [3.8, 4) is 0 Å². The van der Waals surface area contributed by atoms with Crippen molar-refractivity contribution in [3.63, 3.8) is 0 Å². The number of urea groups is 1. The number of nitrogens with one attached hydrogen (secondary N) is 1. The molecule has 0 heterocycles. The molecule has 0 aliphatic heterocycles. The topological polar surface area (TPSA) is 75.4 Å². The van der Waals surface area contributed by atoms with Crippen LogP contribution in [0.15, 0.2) is 42.5 Å². The van der Waals surface area contributed by atoms with Crippen molar-refractivity contribution in [1.29, 1.82) is 0 Å². The van der Waals surface area contributed by atoms with Crippen LogP contribution < -0.4 is 11.1 Å². The van der Waals surface area contributed by atoms with Crippen molar-refractivity contribution >= 4 is 17.6 Å². The minimum absolute atomic E-state index is 0.0876. The summed E-state index contributed by atoms with van der Waals surface area (Å²) in [6.45, 7) is 0. The van der Waals surface area contributed by atoms with Gasteiger partial charge >= 0.3 is 6.03 Å². The fraction of sp³-hybridized carbons (Fsp3) is 0.263. The molecule has 0 aromatic heterocycles.